The molecule has 0 aliphatic carbocycles. The van der Waals surface area contributed by atoms with Crippen molar-refractivity contribution >= 4 is 11.9 Å². The van der Waals surface area contributed by atoms with Gasteiger partial charge in [-0.1, -0.05) is 0 Å². The van der Waals surface area contributed by atoms with Crippen molar-refractivity contribution in [2.75, 3.05) is 13.1 Å². The fraction of sp³-hybridized carbons (Fsp3) is 0.267. The number of carbonyl (C=O) groups is 2. The Balaban J connectivity index is 1.72. The predicted molar refractivity (Wildman–Crippen MR) is 75.2 cm³/mol. The molecule has 0 saturated carbocycles. The molecule has 0 radical (unpaired) electrons. The molecule has 0 unspecified atom stereocenters. The first-order chi connectivity index (χ1) is 10.1. The molecule has 108 valence electrons. The minimum atomic E-state index is -0.833. The fourth-order valence-corrected chi connectivity index (χ4v) is 2.52. The quantitative estimate of drug-likeness (QED) is 0.925. The van der Waals surface area contributed by atoms with Crippen molar-refractivity contribution < 1.29 is 14.7 Å². The van der Waals surface area contributed by atoms with Gasteiger partial charge in [0.1, 0.15) is 0 Å². The number of carboxylic acid groups (broad SMARTS) is 1. The molecule has 0 spiro atoms. The molecule has 1 N–H and O–H groups in total. The van der Waals surface area contributed by atoms with Gasteiger partial charge in [-0.3, -0.25) is 9.59 Å². The monoisotopic (exact) mass is 285 g/mol. The van der Waals surface area contributed by atoms with Gasteiger partial charge in [-0.05, 0) is 30.7 Å². The van der Waals surface area contributed by atoms with E-state index in [4.69, 9.17) is 5.11 Å². The van der Waals surface area contributed by atoms with E-state index in [9.17, 15) is 9.59 Å². The van der Waals surface area contributed by atoms with Crippen LogP contribution in [0.4, 0.5) is 0 Å². The standard InChI is InChI=1S/C15H15N3O3/c19-14(17-7-5-12(9-17)15(20)21)11-1-3-13(4-2-11)18-8-6-16-10-18/h1-4,6,8,10,12H,5,7,9H2,(H,20,21)/t12-/m1/s1. The van der Waals surface area contributed by atoms with E-state index in [1.807, 2.05) is 22.9 Å². The lowest BCUT2D eigenvalue weighted by molar-refractivity contribution is -0.141. The van der Waals surface area contributed by atoms with Crippen LogP contribution in [0.15, 0.2) is 43.0 Å². The third kappa shape index (κ3) is 2.65. The molecule has 2 aromatic rings. The number of imidazole rings is 1. The SMILES string of the molecule is O=C(O)[C@@H]1CCN(C(=O)c2ccc(-n3ccnc3)cc2)C1. The van der Waals surface area contributed by atoms with Crippen LogP contribution in [-0.2, 0) is 4.79 Å². The van der Waals surface area contributed by atoms with Gasteiger partial charge in [0, 0.05) is 36.7 Å². The zero-order valence-electron chi connectivity index (χ0n) is 11.3. The van der Waals surface area contributed by atoms with E-state index in [1.165, 1.54) is 0 Å². The van der Waals surface area contributed by atoms with Gasteiger partial charge in [-0.2, -0.15) is 0 Å². The van der Waals surface area contributed by atoms with Gasteiger partial charge in [0.2, 0.25) is 0 Å². The number of likely N-dealkylation sites (tertiary alicyclic amines) is 1. The molecule has 1 amide bonds. The molecule has 1 aromatic heterocycles. The molecule has 1 fully saturated rings. The molecule has 21 heavy (non-hydrogen) atoms. The first-order valence-corrected chi connectivity index (χ1v) is 6.75. The highest BCUT2D eigenvalue weighted by atomic mass is 16.4. The van der Waals surface area contributed by atoms with Crippen molar-refractivity contribution in [3.05, 3.63) is 48.5 Å². The van der Waals surface area contributed by atoms with Gasteiger partial charge in [-0.25, -0.2) is 4.98 Å². The highest BCUT2D eigenvalue weighted by Gasteiger charge is 2.31. The van der Waals surface area contributed by atoms with Gasteiger partial charge in [0.15, 0.2) is 0 Å². The molecule has 6 nitrogen and oxygen atoms in total. The third-order valence-corrected chi connectivity index (χ3v) is 3.74. The Bertz CT molecular complexity index is 649. The van der Waals surface area contributed by atoms with Gasteiger partial charge in [0.05, 0.1) is 12.2 Å². The second-order valence-corrected chi connectivity index (χ2v) is 5.09. The van der Waals surface area contributed by atoms with Crippen LogP contribution in [-0.4, -0.2) is 44.5 Å². The van der Waals surface area contributed by atoms with Crippen molar-refractivity contribution in [3.8, 4) is 5.69 Å². The van der Waals surface area contributed by atoms with Crippen LogP contribution in [0, 0.1) is 5.92 Å². The van der Waals surface area contributed by atoms with E-state index in [0.717, 1.165) is 5.69 Å². The average Bonchev–Trinajstić information content (AvgIpc) is 3.18. The molecule has 3 rings (SSSR count). The number of hydrogen-bond acceptors (Lipinski definition) is 3. The lowest BCUT2D eigenvalue weighted by atomic mass is 10.1. The minimum absolute atomic E-state index is 0.115. The Hall–Kier alpha value is -2.63. The zero-order chi connectivity index (χ0) is 14.8. The van der Waals surface area contributed by atoms with Crippen LogP contribution in [0.1, 0.15) is 16.8 Å². The van der Waals surface area contributed by atoms with Crippen molar-refractivity contribution in [3.63, 3.8) is 0 Å². The summed E-state index contributed by atoms with van der Waals surface area (Å²) in [6, 6.07) is 7.21. The Morgan fingerprint density at radius 1 is 1.24 bits per heavy atom. The molecule has 1 aromatic carbocycles. The molecule has 2 heterocycles. The Labute approximate surface area is 121 Å². The smallest absolute Gasteiger partial charge is 0.308 e. The van der Waals surface area contributed by atoms with Crippen LogP contribution in [0.2, 0.25) is 0 Å². The molecular formula is C15H15N3O3. The highest BCUT2D eigenvalue weighted by molar-refractivity contribution is 5.95. The second kappa shape index (κ2) is 5.40. The molecule has 1 aliphatic rings. The number of nitrogens with zero attached hydrogens (tertiary/aromatic N) is 3. The number of carboxylic acids is 1. The van der Waals surface area contributed by atoms with E-state index < -0.39 is 11.9 Å². The summed E-state index contributed by atoms with van der Waals surface area (Å²) in [5, 5.41) is 8.98. The normalized spacial score (nSPS) is 17.9. The second-order valence-electron chi connectivity index (χ2n) is 5.09. The van der Waals surface area contributed by atoms with Crippen molar-refractivity contribution in [1.29, 1.82) is 0 Å². The van der Waals surface area contributed by atoms with Gasteiger partial charge < -0.3 is 14.6 Å². The Kier molecular flexibility index (Phi) is 3.43. The summed E-state index contributed by atoms with van der Waals surface area (Å²) in [4.78, 5) is 28.8. The number of aliphatic carboxylic acids is 1. The number of amides is 1. The number of benzene rings is 1. The lowest BCUT2D eigenvalue weighted by Gasteiger charge is -2.16. The summed E-state index contributed by atoms with van der Waals surface area (Å²) < 4.78 is 1.85. The topological polar surface area (TPSA) is 75.4 Å². The van der Waals surface area contributed by atoms with Crippen molar-refractivity contribution in [1.82, 2.24) is 14.5 Å². The Morgan fingerprint density at radius 2 is 2.00 bits per heavy atom. The molecule has 1 atom stereocenters. The van der Waals surface area contributed by atoms with Gasteiger partial charge >= 0.3 is 5.97 Å². The van der Waals surface area contributed by atoms with Gasteiger partial charge in [0.25, 0.3) is 5.91 Å². The van der Waals surface area contributed by atoms with E-state index in [1.54, 1.807) is 29.6 Å². The Morgan fingerprint density at radius 3 is 2.57 bits per heavy atom. The molecular weight excluding hydrogens is 270 g/mol. The number of carbonyl (C=O) groups excluding carboxylic acids is 1. The maximum Gasteiger partial charge on any atom is 0.308 e. The van der Waals surface area contributed by atoms with E-state index in [0.29, 0.717) is 18.5 Å². The lowest BCUT2D eigenvalue weighted by Crippen LogP contribution is -2.29. The molecule has 0 bridgehead atoms. The summed E-state index contributed by atoms with van der Waals surface area (Å²) >= 11 is 0. The summed E-state index contributed by atoms with van der Waals surface area (Å²) in [6.45, 7) is 0.788. The summed E-state index contributed by atoms with van der Waals surface area (Å²) in [6.07, 6.45) is 5.73. The first-order valence-electron chi connectivity index (χ1n) is 6.75. The largest absolute Gasteiger partial charge is 0.481 e. The van der Waals surface area contributed by atoms with E-state index in [-0.39, 0.29) is 12.5 Å². The van der Waals surface area contributed by atoms with Gasteiger partial charge in [-0.15, -0.1) is 0 Å². The summed E-state index contributed by atoms with van der Waals surface area (Å²) in [5.41, 5.74) is 1.50. The van der Waals surface area contributed by atoms with E-state index in [2.05, 4.69) is 4.98 Å². The number of rotatable bonds is 3. The number of hydrogen-bond donors (Lipinski definition) is 1. The van der Waals surface area contributed by atoms with Crippen molar-refractivity contribution in [2.45, 2.75) is 6.42 Å². The van der Waals surface area contributed by atoms with Crippen LogP contribution >= 0.6 is 0 Å². The van der Waals surface area contributed by atoms with E-state index >= 15 is 0 Å². The van der Waals surface area contributed by atoms with Crippen LogP contribution in [0.25, 0.3) is 5.69 Å². The molecule has 1 aliphatic heterocycles. The third-order valence-electron chi connectivity index (χ3n) is 3.74. The van der Waals surface area contributed by atoms with Crippen LogP contribution in [0.3, 0.4) is 0 Å². The molecule has 1 saturated heterocycles. The van der Waals surface area contributed by atoms with Crippen molar-refractivity contribution in [2.24, 2.45) is 5.92 Å². The zero-order valence-corrected chi connectivity index (χ0v) is 11.3. The van der Waals surface area contributed by atoms with Crippen LogP contribution in [0.5, 0.6) is 0 Å². The summed E-state index contributed by atoms with van der Waals surface area (Å²) in [7, 11) is 0. The average molecular weight is 285 g/mol. The maximum atomic E-state index is 12.3. The maximum absolute atomic E-state index is 12.3. The molecule has 6 heteroatoms. The minimum Gasteiger partial charge on any atom is -0.481 e. The first kappa shape index (κ1) is 13.4. The predicted octanol–water partition coefficient (Wildman–Crippen LogP) is 1.42. The fourth-order valence-electron chi connectivity index (χ4n) is 2.52. The summed E-state index contributed by atoms with van der Waals surface area (Å²) in [5.74, 6) is -1.39. The highest BCUT2D eigenvalue weighted by Crippen LogP contribution is 2.19. The number of aromatic nitrogens is 2. The van der Waals surface area contributed by atoms with Crippen LogP contribution < -0.4 is 0 Å².